The largest absolute Gasteiger partial charge is 0.462 e. The summed E-state index contributed by atoms with van der Waals surface area (Å²) in [7, 11) is 0. The standard InChI is InChI=1S/3C21H31NO12/c23-6-12-14(25)16(27)18(29)20(33-12)31-9-3-8-1-2-22-5-10(8)11(4-9)32-21-19(30)17(28)15(26)13(7-24)34-21;23-6-11-14(25)16(27)18(29)20(32-11)31-10-5-13(22-9-4-2-1-3-8(9)10)34-21-19(30)17(28)15(26)12(7-24)33-21;23-6-10-13(25)15(27)17(29)20(31-10)33-12-5-8-3-1-2-4-9(8)19(22-12)34-21-18(30)16(28)14(26)11(7-24)32-21/h3-4,12-30H,1-2,5-7H2;5,11-12,14-21,23-30H,1-4,6-7H2;5,10-11,13-18,20-21,23-30H,1-4,6-7H2/t12?,13?,14-,15-,16+,17+,18?,19?,20-,21-;11?,12?,14-,15-,16+,17+,18?,19?,20-,21+;10?,11?,13-,14-,15+,16+,17?,18?,20+,21+/m111/s1. The van der Waals surface area contributed by atoms with E-state index < -0.39 is 224 Å². The molecule has 1 aromatic carbocycles. The Bertz CT molecular complexity index is 2840. The van der Waals surface area contributed by atoms with Gasteiger partial charge < -0.3 is 185 Å². The molecule has 6 saturated heterocycles. The lowest BCUT2D eigenvalue weighted by atomic mass is 9.93. The molecule has 0 bridgehead atoms. The maximum Gasteiger partial charge on any atom is 0.231 e. The minimum absolute atomic E-state index is 0.0288. The average Bonchev–Trinajstić information content (AvgIpc) is 0.796. The van der Waals surface area contributed by atoms with Gasteiger partial charge in [0.1, 0.15) is 164 Å². The SMILES string of the molecule is OCC1O[C@@H](Oc2cc(O[C@@H]3OC(CO)[C@@H](O)[C@H](O)C3O)c3c(n2)CCCC3)C(O)[C@@H](O)[C@@H]1O.OCC1O[C@@H](Oc2cc3c(c(O[C@@H]4OC(CO)[C@@H](O)[C@H](O)C4O)c2)CNCC3)C(O)[C@@H](O)[C@@H]1O.OCC1O[C@@H](Oc2cc3c(c(O[C@@H]4OC(CO)[C@@H](O)[C@H](O)C4O)n2)CCCC3)C(O)[C@@H](O)[C@@H]1O. The van der Waals surface area contributed by atoms with E-state index in [4.69, 9.17) is 56.8 Å². The van der Waals surface area contributed by atoms with Gasteiger partial charge in [-0.15, -0.1) is 0 Å². The highest BCUT2D eigenvalue weighted by atomic mass is 16.7. The van der Waals surface area contributed by atoms with Gasteiger partial charge in [-0.2, -0.15) is 4.98 Å². The smallest absolute Gasteiger partial charge is 0.231 e. The van der Waals surface area contributed by atoms with Crippen LogP contribution in [0.5, 0.6) is 34.9 Å². The third-order valence-electron chi connectivity index (χ3n) is 19.2. The number of hydrogen-bond donors (Lipinski definition) is 25. The molecule has 2 aromatic heterocycles. The van der Waals surface area contributed by atoms with Crippen LogP contribution in [-0.4, -0.2) is 363 Å². The van der Waals surface area contributed by atoms with E-state index >= 15 is 0 Å². The van der Waals surface area contributed by atoms with Gasteiger partial charge in [0.25, 0.3) is 0 Å². The molecule has 7 aliphatic heterocycles. The second-order valence-corrected chi connectivity index (χ2v) is 26.1. The number of aryl methyl sites for hydroxylation is 2. The van der Waals surface area contributed by atoms with Crippen LogP contribution in [-0.2, 0) is 67.1 Å². The van der Waals surface area contributed by atoms with Crippen molar-refractivity contribution in [2.24, 2.45) is 0 Å². The van der Waals surface area contributed by atoms with E-state index in [1.54, 1.807) is 12.1 Å². The summed E-state index contributed by atoms with van der Waals surface area (Å²) in [5, 5.41) is 241. The molecule has 9 aliphatic rings. The molecule has 0 amide bonds. The molecule has 576 valence electrons. The fraction of sp³-hybridized carbons (Fsp3) is 0.746. The highest BCUT2D eigenvalue weighted by molar-refractivity contribution is 5.48. The molecule has 30 atom stereocenters. The summed E-state index contributed by atoms with van der Waals surface area (Å²) in [4.78, 5) is 8.73. The fourth-order valence-electron chi connectivity index (χ4n) is 13.1. The topological polar surface area (TPSA) is 634 Å². The van der Waals surface area contributed by atoms with Crippen LogP contribution in [0.15, 0.2) is 24.3 Å². The Morgan fingerprint density at radius 3 is 1.06 bits per heavy atom. The second-order valence-electron chi connectivity index (χ2n) is 26.1. The second kappa shape index (κ2) is 35.2. The number of nitrogens with one attached hydrogen (secondary N) is 1. The van der Waals surface area contributed by atoms with Crippen LogP contribution in [0.25, 0.3) is 0 Å². The Hall–Kier alpha value is -4.92. The molecular weight excluding hydrogens is 1370 g/mol. The first kappa shape index (κ1) is 79.6. The first-order chi connectivity index (χ1) is 48.7. The van der Waals surface area contributed by atoms with Crippen molar-refractivity contribution in [3.63, 3.8) is 0 Å². The maximum atomic E-state index is 10.3. The Morgan fingerprint density at radius 1 is 0.314 bits per heavy atom. The number of pyridine rings is 2. The zero-order valence-electron chi connectivity index (χ0n) is 54.7. The van der Waals surface area contributed by atoms with Crippen LogP contribution in [0.2, 0.25) is 0 Å². The van der Waals surface area contributed by atoms with Gasteiger partial charge in [-0.3, -0.25) is 0 Å². The molecule has 6 fully saturated rings. The molecule has 12 rings (SSSR count). The lowest BCUT2D eigenvalue weighted by Crippen LogP contribution is -2.60. The summed E-state index contributed by atoms with van der Waals surface area (Å²) in [6.07, 6.45) is -37.7. The highest BCUT2D eigenvalue weighted by Gasteiger charge is 2.51. The number of hydrogen-bond acceptors (Lipinski definition) is 39. The average molecular weight is 1470 g/mol. The van der Waals surface area contributed by atoms with Crippen LogP contribution in [0.3, 0.4) is 0 Å². The summed E-state index contributed by atoms with van der Waals surface area (Å²) in [6, 6.07) is 6.12. The monoisotopic (exact) mass is 1470 g/mol. The van der Waals surface area contributed by atoms with Gasteiger partial charge in [0.2, 0.25) is 55.4 Å². The van der Waals surface area contributed by atoms with Crippen molar-refractivity contribution in [2.45, 2.75) is 249 Å². The van der Waals surface area contributed by atoms with Gasteiger partial charge in [0.15, 0.2) is 0 Å². The molecule has 25 N–H and O–H groups in total. The van der Waals surface area contributed by atoms with Crippen LogP contribution in [0.4, 0.5) is 0 Å². The predicted molar refractivity (Wildman–Crippen MR) is 330 cm³/mol. The maximum absolute atomic E-state index is 10.3. The number of nitrogens with zero attached hydrogens (tertiary/aromatic N) is 2. The Labute approximate surface area is 580 Å². The molecule has 0 spiro atoms. The minimum atomic E-state index is -1.63. The van der Waals surface area contributed by atoms with E-state index in [0.717, 1.165) is 53.5 Å². The number of aliphatic hydroxyl groups is 24. The van der Waals surface area contributed by atoms with Crippen LogP contribution in [0.1, 0.15) is 59.2 Å². The van der Waals surface area contributed by atoms with Gasteiger partial charge in [-0.25, -0.2) is 4.98 Å². The van der Waals surface area contributed by atoms with E-state index in [0.29, 0.717) is 50.9 Å². The van der Waals surface area contributed by atoms with Gasteiger partial charge >= 0.3 is 0 Å². The fourth-order valence-corrected chi connectivity index (χ4v) is 13.1. The summed E-state index contributed by atoms with van der Waals surface area (Å²) < 4.78 is 66.9. The van der Waals surface area contributed by atoms with Crippen molar-refractivity contribution >= 4 is 0 Å². The van der Waals surface area contributed by atoms with Crippen molar-refractivity contribution in [1.29, 1.82) is 0 Å². The van der Waals surface area contributed by atoms with E-state index in [-0.39, 0.29) is 34.9 Å². The van der Waals surface area contributed by atoms with Crippen molar-refractivity contribution in [2.75, 3.05) is 46.2 Å². The van der Waals surface area contributed by atoms with Crippen LogP contribution in [0, 0.1) is 0 Å². The summed E-state index contributed by atoms with van der Waals surface area (Å²) in [6.45, 7) is -2.58. The number of aliphatic hydroxyl groups excluding tert-OH is 24. The van der Waals surface area contributed by atoms with Crippen LogP contribution < -0.4 is 33.7 Å². The molecule has 0 saturated carbocycles. The molecule has 102 heavy (non-hydrogen) atoms. The van der Waals surface area contributed by atoms with Crippen molar-refractivity contribution in [1.82, 2.24) is 15.3 Å². The van der Waals surface area contributed by atoms with Crippen molar-refractivity contribution in [3.05, 3.63) is 57.8 Å². The van der Waals surface area contributed by atoms with Gasteiger partial charge in [0, 0.05) is 41.4 Å². The summed E-state index contributed by atoms with van der Waals surface area (Å²) in [5.41, 5.74) is 4.45. The Balaban J connectivity index is 0.000000165. The summed E-state index contributed by atoms with van der Waals surface area (Å²) in [5.74, 6) is 0.530. The quantitative estimate of drug-likeness (QED) is 0.0562. The minimum Gasteiger partial charge on any atom is -0.462 e. The summed E-state index contributed by atoms with van der Waals surface area (Å²) >= 11 is 0. The molecule has 9 heterocycles. The third-order valence-corrected chi connectivity index (χ3v) is 19.2. The van der Waals surface area contributed by atoms with E-state index in [9.17, 15) is 123 Å². The third kappa shape index (κ3) is 17.4. The lowest BCUT2D eigenvalue weighted by Gasteiger charge is -2.40. The number of benzene rings is 1. The van der Waals surface area contributed by atoms with Crippen molar-refractivity contribution < 1.29 is 179 Å². The molecule has 3 aromatic rings. The van der Waals surface area contributed by atoms with E-state index in [1.807, 2.05) is 0 Å². The normalized spacial score (nSPS) is 40.5. The van der Waals surface area contributed by atoms with E-state index in [1.165, 1.54) is 12.1 Å². The van der Waals surface area contributed by atoms with E-state index in [2.05, 4.69) is 15.3 Å². The molecule has 39 heteroatoms. The number of rotatable bonds is 18. The molecule has 12 unspecified atom stereocenters. The molecule has 39 nitrogen and oxygen atoms in total. The molecule has 0 radical (unpaired) electrons. The lowest BCUT2D eigenvalue weighted by molar-refractivity contribution is -0.280. The predicted octanol–water partition coefficient (Wildman–Crippen LogP) is -11.7. The first-order valence-corrected chi connectivity index (χ1v) is 33.5. The number of ether oxygens (including phenoxy) is 12. The number of fused-ring (bicyclic) bond motifs is 3. The zero-order valence-corrected chi connectivity index (χ0v) is 54.7. The van der Waals surface area contributed by atoms with Crippen LogP contribution >= 0.6 is 0 Å². The van der Waals surface area contributed by atoms with Gasteiger partial charge in [0.05, 0.1) is 45.3 Å². The van der Waals surface area contributed by atoms with Gasteiger partial charge in [-0.1, -0.05) is 0 Å². The Kier molecular flexibility index (Phi) is 27.5. The molecule has 2 aliphatic carbocycles. The highest BCUT2D eigenvalue weighted by Crippen LogP contribution is 2.40. The van der Waals surface area contributed by atoms with Gasteiger partial charge in [-0.05, 0) is 81.5 Å². The zero-order chi connectivity index (χ0) is 73.7. The van der Waals surface area contributed by atoms with Crippen molar-refractivity contribution in [3.8, 4) is 34.9 Å². The first-order valence-electron chi connectivity index (χ1n) is 33.5. The molecular formula is C63H93N3O36. The number of aromatic nitrogens is 2. The Morgan fingerprint density at radius 2 is 0.647 bits per heavy atom.